The fraction of sp³-hybridized carbons (Fsp3) is 0.455. The van der Waals surface area contributed by atoms with Crippen LogP contribution in [-0.4, -0.2) is 16.1 Å². The van der Waals surface area contributed by atoms with Gasteiger partial charge in [-0.25, -0.2) is 4.98 Å². The monoisotopic (exact) mass is 224 g/mol. The molecule has 4 heteroatoms. The molecule has 0 saturated heterocycles. The van der Waals surface area contributed by atoms with E-state index in [1.807, 2.05) is 26.0 Å². The summed E-state index contributed by atoms with van der Waals surface area (Å²) in [7, 11) is 0. The number of nitrogens with two attached hydrogens (primary N) is 1. The van der Waals surface area contributed by atoms with Gasteiger partial charge in [-0.2, -0.15) is 0 Å². The third-order valence-electron chi connectivity index (χ3n) is 2.15. The van der Waals surface area contributed by atoms with Crippen molar-refractivity contribution < 1.29 is 4.74 Å². The molecule has 15 heavy (non-hydrogen) atoms. The number of thiocarbonyl (C=S) groups is 1. The van der Waals surface area contributed by atoms with Crippen LogP contribution < -0.4 is 10.5 Å². The fourth-order valence-corrected chi connectivity index (χ4v) is 1.24. The Balaban J connectivity index is 3.02. The Labute approximate surface area is 95.7 Å². The van der Waals surface area contributed by atoms with Crippen molar-refractivity contribution in [2.45, 2.75) is 33.3 Å². The number of ether oxygens (including phenoxy) is 1. The van der Waals surface area contributed by atoms with Crippen LogP contribution in [0.1, 0.15) is 31.5 Å². The Bertz CT molecular complexity index is 366. The summed E-state index contributed by atoms with van der Waals surface area (Å²) in [6, 6.07) is 3.72. The largest absolute Gasteiger partial charge is 0.474 e. The second-order valence-electron chi connectivity index (χ2n) is 3.51. The van der Waals surface area contributed by atoms with Crippen molar-refractivity contribution in [3.63, 3.8) is 0 Å². The van der Waals surface area contributed by atoms with E-state index in [2.05, 4.69) is 11.9 Å². The molecular formula is C11H16N2OS. The molecule has 0 fully saturated rings. The highest BCUT2D eigenvalue weighted by molar-refractivity contribution is 7.80. The molecule has 1 rings (SSSR count). The number of pyridine rings is 1. The Kier molecular flexibility index (Phi) is 4.03. The number of nitrogens with zero attached hydrogens (tertiary/aromatic N) is 1. The first-order chi connectivity index (χ1) is 7.04. The van der Waals surface area contributed by atoms with Crippen LogP contribution in [-0.2, 0) is 0 Å². The maximum atomic E-state index is 5.66. The van der Waals surface area contributed by atoms with Crippen LogP contribution in [0.15, 0.2) is 12.1 Å². The molecule has 1 aromatic heterocycles. The summed E-state index contributed by atoms with van der Waals surface area (Å²) in [5, 5.41) is 0. The molecule has 3 nitrogen and oxygen atoms in total. The van der Waals surface area contributed by atoms with Gasteiger partial charge in [0.2, 0.25) is 5.88 Å². The lowest BCUT2D eigenvalue weighted by Crippen LogP contribution is -2.17. The minimum Gasteiger partial charge on any atom is -0.474 e. The topological polar surface area (TPSA) is 48.1 Å². The van der Waals surface area contributed by atoms with Gasteiger partial charge in [0.05, 0.1) is 11.7 Å². The summed E-state index contributed by atoms with van der Waals surface area (Å²) in [4.78, 5) is 4.61. The molecule has 0 amide bonds. The number of hydrogen-bond donors (Lipinski definition) is 1. The maximum Gasteiger partial charge on any atom is 0.224 e. The Hall–Kier alpha value is -1.16. The molecule has 0 spiro atoms. The molecule has 1 atom stereocenters. The lowest BCUT2D eigenvalue weighted by molar-refractivity contribution is 0.208. The summed E-state index contributed by atoms with van der Waals surface area (Å²) in [5.74, 6) is 0.539. The standard InChI is InChI=1S/C11H16N2OS/c1-4-8(3)14-11-9(10(12)15)6-5-7(2)13-11/h5-6,8H,4H2,1-3H3,(H2,12,15). The van der Waals surface area contributed by atoms with Gasteiger partial charge in [0.1, 0.15) is 4.99 Å². The van der Waals surface area contributed by atoms with Crippen LogP contribution in [0.4, 0.5) is 0 Å². The summed E-state index contributed by atoms with van der Waals surface area (Å²) < 4.78 is 5.66. The predicted molar refractivity (Wildman–Crippen MR) is 65.2 cm³/mol. The number of aromatic nitrogens is 1. The van der Waals surface area contributed by atoms with E-state index in [0.29, 0.717) is 16.4 Å². The predicted octanol–water partition coefficient (Wildman–Crippen LogP) is 2.20. The molecule has 2 N–H and O–H groups in total. The molecule has 0 aliphatic carbocycles. The second-order valence-corrected chi connectivity index (χ2v) is 3.95. The van der Waals surface area contributed by atoms with E-state index in [0.717, 1.165) is 12.1 Å². The Morgan fingerprint density at radius 1 is 1.60 bits per heavy atom. The zero-order chi connectivity index (χ0) is 11.4. The number of aryl methyl sites for hydroxylation is 1. The minimum absolute atomic E-state index is 0.118. The van der Waals surface area contributed by atoms with Gasteiger partial charge in [-0.3, -0.25) is 0 Å². The van der Waals surface area contributed by atoms with E-state index in [-0.39, 0.29) is 6.10 Å². The van der Waals surface area contributed by atoms with Crippen molar-refractivity contribution in [1.29, 1.82) is 0 Å². The molecule has 0 aromatic carbocycles. The highest BCUT2D eigenvalue weighted by atomic mass is 32.1. The SMILES string of the molecule is CCC(C)Oc1nc(C)ccc1C(N)=S. The van der Waals surface area contributed by atoms with Crippen molar-refractivity contribution in [2.75, 3.05) is 0 Å². The zero-order valence-corrected chi connectivity index (χ0v) is 10.1. The van der Waals surface area contributed by atoms with Crippen LogP contribution >= 0.6 is 12.2 Å². The smallest absolute Gasteiger partial charge is 0.224 e. The first-order valence-corrected chi connectivity index (χ1v) is 5.39. The van der Waals surface area contributed by atoms with Gasteiger partial charge in [-0.05, 0) is 32.4 Å². The van der Waals surface area contributed by atoms with Crippen LogP contribution in [0.2, 0.25) is 0 Å². The summed E-state index contributed by atoms with van der Waals surface area (Å²) >= 11 is 4.94. The average molecular weight is 224 g/mol. The van der Waals surface area contributed by atoms with Crippen LogP contribution in [0.3, 0.4) is 0 Å². The minimum atomic E-state index is 0.118. The molecular weight excluding hydrogens is 208 g/mol. The van der Waals surface area contributed by atoms with Gasteiger partial charge in [0.25, 0.3) is 0 Å². The molecule has 0 saturated carbocycles. The van der Waals surface area contributed by atoms with Gasteiger partial charge < -0.3 is 10.5 Å². The molecule has 1 aromatic rings. The zero-order valence-electron chi connectivity index (χ0n) is 9.28. The quantitative estimate of drug-likeness (QED) is 0.796. The van der Waals surface area contributed by atoms with Crippen LogP contribution in [0.25, 0.3) is 0 Å². The third kappa shape index (κ3) is 3.16. The van der Waals surface area contributed by atoms with Crippen molar-refractivity contribution in [3.05, 3.63) is 23.4 Å². The van der Waals surface area contributed by atoms with E-state index in [1.54, 1.807) is 0 Å². The highest BCUT2D eigenvalue weighted by Gasteiger charge is 2.10. The van der Waals surface area contributed by atoms with Gasteiger partial charge in [-0.15, -0.1) is 0 Å². The number of hydrogen-bond acceptors (Lipinski definition) is 3. The Morgan fingerprint density at radius 2 is 2.27 bits per heavy atom. The summed E-state index contributed by atoms with van der Waals surface area (Å²) in [6.07, 6.45) is 1.04. The third-order valence-corrected chi connectivity index (χ3v) is 2.37. The maximum absolute atomic E-state index is 5.66. The van der Waals surface area contributed by atoms with Gasteiger partial charge in [-0.1, -0.05) is 19.1 Å². The average Bonchev–Trinajstić information content (AvgIpc) is 2.17. The number of rotatable bonds is 4. The van der Waals surface area contributed by atoms with Crippen LogP contribution in [0.5, 0.6) is 5.88 Å². The first-order valence-electron chi connectivity index (χ1n) is 4.98. The van der Waals surface area contributed by atoms with E-state index in [4.69, 9.17) is 22.7 Å². The molecule has 1 unspecified atom stereocenters. The molecule has 0 aliphatic rings. The first kappa shape index (κ1) is 11.9. The lowest BCUT2D eigenvalue weighted by Gasteiger charge is -2.14. The van der Waals surface area contributed by atoms with E-state index in [1.165, 1.54) is 0 Å². The van der Waals surface area contributed by atoms with Crippen molar-refractivity contribution in [3.8, 4) is 5.88 Å². The van der Waals surface area contributed by atoms with Gasteiger partial charge in [0.15, 0.2) is 0 Å². The molecule has 82 valence electrons. The molecule has 1 heterocycles. The normalized spacial score (nSPS) is 12.2. The molecule has 0 aliphatic heterocycles. The Morgan fingerprint density at radius 3 is 2.80 bits per heavy atom. The van der Waals surface area contributed by atoms with Crippen molar-refractivity contribution in [1.82, 2.24) is 4.98 Å². The summed E-state index contributed by atoms with van der Waals surface area (Å²) in [5.41, 5.74) is 7.19. The van der Waals surface area contributed by atoms with Crippen LogP contribution in [0, 0.1) is 6.92 Å². The summed E-state index contributed by atoms with van der Waals surface area (Å²) in [6.45, 7) is 5.96. The lowest BCUT2D eigenvalue weighted by atomic mass is 10.2. The highest BCUT2D eigenvalue weighted by Crippen LogP contribution is 2.18. The van der Waals surface area contributed by atoms with E-state index >= 15 is 0 Å². The molecule has 0 bridgehead atoms. The molecule has 0 radical (unpaired) electrons. The fourth-order valence-electron chi connectivity index (χ4n) is 1.08. The second kappa shape index (κ2) is 5.07. The van der Waals surface area contributed by atoms with Crippen molar-refractivity contribution >= 4 is 17.2 Å². The van der Waals surface area contributed by atoms with E-state index in [9.17, 15) is 0 Å². The van der Waals surface area contributed by atoms with Crippen molar-refractivity contribution in [2.24, 2.45) is 5.73 Å². The van der Waals surface area contributed by atoms with Gasteiger partial charge >= 0.3 is 0 Å². The van der Waals surface area contributed by atoms with E-state index < -0.39 is 0 Å². The van der Waals surface area contributed by atoms with Gasteiger partial charge in [0, 0.05) is 5.69 Å².